The number of anilines is 2. The summed E-state index contributed by atoms with van der Waals surface area (Å²) < 4.78 is 0. The van der Waals surface area contributed by atoms with Crippen molar-refractivity contribution < 1.29 is 0 Å². The lowest BCUT2D eigenvalue weighted by Gasteiger charge is -2.09. The number of hydrogen-bond donors (Lipinski definition) is 1. The Hall–Kier alpha value is -2.34. The van der Waals surface area contributed by atoms with Crippen LogP contribution in [0.2, 0.25) is 0 Å². The van der Waals surface area contributed by atoms with Crippen molar-refractivity contribution >= 4 is 11.5 Å². The highest BCUT2D eigenvalue weighted by Crippen LogP contribution is 2.19. The molecule has 1 aromatic carbocycles. The number of benzene rings is 1. The van der Waals surface area contributed by atoms with E-state index in [0.717, 1.165) is 12.1 Å². The summed E-state index contributed by atoms with van der Waals surface area (Å²) >= 11 is 0. The first-order valence-electron chi connectivity index (χ1n) is 5.55. The van der Waals surface area contributed by atoms with Gasteiger partial charge in [-0.2, -0.15) is 5.26 Å². The molecule has 0 saturated heterocycles. The van der Waals surface area contributed by atoms with Gasteiger partial charge in [-0.05, 0) is 30.2 Å². The Balaban J connectivity index is 2.28. The van der Waals surface area contributed by atoms with Crippen LogP contribution in [0.25, 0.3) is 0 Å². The van der Waals surface area contributed by atoms with Crippen LogP contribution in [0, 0.1) is 11.3 Å². The molecule has 2 rings (SSSR count). The summed E-state index contributed by atoms with van der Waals surface area (Å²) in [7, 11) is 0. The molecule has 0 atom stereocenters. The molecule has 0 unspecified atom stereocenters. The summed E-state index contributed by atoms with van der Waals surface area (Å²) in [6.07, 6.45) is 0.959. The van der Waals surface area contributed by atoms with Gasteiger partial charge >= 0.3 is 0 Å². The second-order valence-corrected chi connectivity index (χ2v) is 3.66. The predicted octanol–water partition coefficient (Wildman–Crippen LogP) is 3.26. The van der Waals surface area contributed by atoms with E-state index in [9.17, 15) is 0 Å². The molecule has 0 aliphatic carbocycles. The van der Waals surface area contributed by atoms with Gasteiger partial charge in [-0.1, -0.05) is 31.2 Å². The Morgan fingerprint density at radius 3 is 2.76 bits per heavy atom. The molecule has 0 fully saturated rings. The first-order chi connectivity index (χ1) is 8.33. The molecule has 0 saturated carbocycles. The minimum Gasteiger partial charge on any atom is -0.340 e. The van der Waals surface area contributed by atoms with Gasteiger partial charge in [-0.15, -0.1) is 0 Å². The number of aryl methyl sites for hydroxylation is 1. The first-order valence-corrected chi connectivity index (χ1v) is 5.55. The first kappa shape index (κ1) is 11.2. The maximum Gasteiger partial charge on any atom is 0.142 e. The van der Waals surface area contributed by atoms with Crippen molar-refractivity contribution in [1.29, 1.82) is 5.26 Å². The van der Waals surface area contributed by atoms with Gasteiger partial charge in [0.2, 0.25) is 0 Å². The molecule has 0 radical (unpaired) electrons. The standard InChI is InChI=1S/C14H13N3/c1-2-11-6-3-4-8-13(11)17-14-9-5-7-12(10-15)16-14/h3-9H,2H2,1H3,(H,16,17). The average Bonchev–Trinajstić information content (AvgIpc) is 2.39. The molecule has 3 nitrogen and oxygen atoms in total. The number of aromatic nitrogens is 1. The Kier molecular flexibility index (Phi) is 3.37. The van der Waals surface area contributed by atoms with Crippen molar-refractivity contribution in [3.8, 4) is 6.07 Å². The number of nitriles is 1. The fourth-order valence-electron chi connectivity index (χ4n) is 1.66. The highest BCUT2D eigenvalue weighted by molar-refractivity contribution is 5.60. The van der Waals surface area contributed by atoms with E-state index in [1.807, 2.05) is 36.4 Å². The molecule has 3 heteroatoms. The number of hydrogen-bond acceptors (Lipinski definition) is 3. The lowest BCUT2D eigenvalue weighted by molar-refractivity contribution is 1.14. The van der Waals surface area contributed by atoms with E-state index in [4.69, 9.17) is 5.26 Å². The second kappa shape index (κ2) is 5.13. The summed E-state index contributed by atoms with van der Waals surface area (Å²) in [5, 5.41) is 12.0. The summed E-state index contributed by atoms with van der Waals surface area (Å²) in [6.45, 7) is 2.11. The van der Waals surface area contributed by atoms with E-state index in [1.54, 1.807) is 6.07 Å². The van der Waals surface area contributed by atoms with E-state index in [1.165, 1.54) is 5.56 Å². The molecular formula is C14H13N3. The van der Waals surface area contributed by atoms with E-state index in [0.29, 0.717) is 11.5 Å². The molecular weight excluding hydrogens is 210 g/mol. The van der Waals surface area contributed by atoms with Gasteiger partial charge in [0.1, 0.15) is 17.6 Å². The van der Waals surface area contributed by atoms with Gasteiger partial charge in [-0.25, -0.2) is 4.98 Å². The van der Waals surface area contributed by atoms with Crippen molar-refractivity contribution in [2.75, 3.05) is 5.32 Å². The molecule has 0 aliphatic rings. The maximum atomic E-state index is 8.79. The number of nitrogens with zero attached hydrogens (tertiary/aromatic N) is 2. The topological polar surface area (TPSA) is 48.7 Å². The van der Waals surface area contributed by atoms with Crippen molar-refractivity contribution in [2.45, 2.75) is 13.3 Å². The van der Waals surface area contributed by atoms with Crippen LogP contribution in [0.15, 0.2) is 42.5 Å². The van der Waals surface area contributed by atoms with E-state index < -0.39 is 0 Å². The minimum atomic E-state index is 0.420. The van der Waals surface area contributed by atoms with Crippen LogP contribution < -0.4 is 5.32 Å². The monoisotopic (exact) mass is 223 g/mol. The second-order valence-electron chi connectivity index (χ2n) is 3.66. The van der Waals surface area contributed by atoms with Gasteiger partial charge < -0.3 is 5.32 Å². The number of para-hydroxylation sites is 1. The smallest absolute Gasteiger partial charge is 0.142 e. The normalized spacial score (nSPS) is 9.65. The Morgan fingerprint density at radius 1 is 1.18 bits per heavy atom. The van der Waals surface area contributed by atoms with Crippen molar-refractivity contribution in [3.63, 3.8) is 0 Å². The third-order valence-electron chi connectivity index (χ3n) is 2.52. The molecule has 0 spiro atoms. The van der Waals surface area contributed by atoms with Crippen LogP contribution >= 0.6 is 0 Å². The highest BCUT2D eigenvalue weighted by atomic mass is 15.0. The highest BCUT2D eigenvalue weighted by Gasteiger charge is 2.01. The summed E-state index contributed by atoms with van der Waals surface area (Å²) in [5.41, 5.74) is 2.69. The molecule has 0 aliphatic heterocycles. The zero-order valence-electron chi connectivity index (χ0n) is 9.64. The van der Waals surface area contributed by atoms with Crippen LogP contribution in [0.4, 0.5) is 11.5 Å². The third kappa shape index (κ3) is 2.61. The van der Waals surface area contributed by atoms with Crippen molar-refractivity contribution in [3.05, 3.63) is 53.7 Å². The SMILES string of the molecule is CCc1ccccc1Nc1cccc(C#N)n1. The van der Waals surface area contributed by atoms with Crippen molar-refractivity contribution in [2.24, 2.45) is 0 Å². The van der Waals surface area contributed by atoms with Gasteiger partial charge in [0, 0.05) is 5.69 Å². The summed E-state index contributed by atoms with van der Waals surface area (Å²) in [6, 6.07) is 15.5. The molecule has 2 aromatic rings. The fourth-order valence-corrected chi connectivity index (χ4v) is 1.66. The number of nitrogens with one attached hydrogen (secondary N) is 1. The van der Waals surface area contributed by atoms with E-state index in [-0.39, 0.29) is 0 Å². The van der Waals surface area contributed by atoms with Crippen LogP contribution in [-0.4, -0.2) is 4.98 Å². The van der Waals surface area contributed by atoms with Crippen molar-refractivity contribution in [1.82, 2.24) is 4.98 Å². The molecule has 84 valence electrons. The molecule has 0 amide bonds. The average molecular weight is 223 g/mol. The fraction of sp³-hybridized carbons (Fsp3) is 0.143. The lowest BCUT2D eigenvalue weighted by atomic mass is 10.1. The largest absolute Gasteiger partial charge is 0.340 e. The van der Waals surface area contributed by atoms with Gasteiger partial charge in [0.05, 0.1) is 0 Å². The quantitative estimate of drug-likeness (QED) is 0.868. The number of pyridine rings is 1. The summed E-state index contributed by atoms with van der Waals surface area (Å²) in [5.74, 6) is 0.699. The lowest BCUT2D eigenvalue weighted by Crippen LogP contribution is -1.97. The zero-order chi connectivity index (χ0) is 12.1. The van der Waals surface area contributed by atoms with Gasteiger partial charge in [0.15, 0.2) is 0 Å². The predicted molar refractivity (Wildman–Crippen MR) is 68.1 cm³/mol. The Bertz CT molecular complexity index is 555. The Labute approximate surface area is 101 Å². The molecule has 1 aromatic heterocycles. The summed E-state index contributed by atoms with van der Waals surface area (Å²) in [4.78, 5) is 4.19. The third-order valence-corrected chi connectivity index (χ3v) is 2.52. The molecule has 1 N–H and O–H groups in total. The van der Waals surface area contributed by atoms with Crippen LogP contribution in [0.5, 0.6) is 0 Å². The van der Waals surface area contributed by atoms with E-state index >= 15 is 0 Å². The number of rotatable bonds is 3. The Morgan fingerprint density at radius 2 is 2.00 bits per heavy atom. The van der Waals surface area contributed by atoms with Crippen LogP contribution in [-0.2, 0) is 6.42 Å². The van der Waals surface area contributed by atoms with E-state index in [2.05, 4.69) is 23.3 Å². The molecule has 0 bridgehead atoms. The molecule has 17 heavy (non-hydrogen) atoms. The van der Waals surface area contributed by atoms with Crippen LogP contribution in [0.1, 0.15) is 18.2 Å². The maximum absolute atomic E-state index is 8.79. The van der Waals surface area contributed by atoms with Crippen LogP contribution in [0.3, 0.4) is 0 Å². The zero-order valence-corrected chi connectivity index (χ0v) is 9.64. The van der Waals surface area contributed by atoms with Gasteiger partial charge in [-0.3, -0.25) is 0 Å². The minimum absolute atomic E-state index is 0.420. The van der Waals surface area contributed by atoms with Gasteiger partial charge in [0.25, 0.3) is 0 Å². The molecule has 1 heterocycles.